The van der Waals surface area contributed by atoms with Crippen LogP contribution in [-0.4, -0.2) is 0 Å². The molecule has 96 valence electrons. The van der Waals surface area contributed by atoms with Crippen LogP contribution in [0.5, 0.6) is 0 Å². The van der Waals surface area contributed by atoms with E-state index in [-0.39, 0.29) is 11.9 Å². The standard InChI is InChI=1S/C12H11Br2FN2S/c13-8-2-1-7(10(15)4-8)3-11(17-16)12-5-9(14)6-18-12/h1-2,4-6,11,17H,3,16H2. The highest BCUT2D eigenvalue weighted by atomic mass is 79.9. The average molecular weight is 394 g/mol. The zero-order valence-corrected chi connectivity index (χ0v) is 13.3. The van der Waals surface area contributed by atoms with Crippen LogP contribution in [0, 0.1) is 5.82 Å². The van der Waals surface area contributed by atoms with Gasteiger partial charge in [0.15, 0.2) is 0 Å². The third kappa shape index (κ3) is 3.39. The van der Waals surface area contributed by atoms with Gasteiger partial charge in [-0.2, -0.15) is 0 Å². The van der Waals surface area contributed by atoms with Crippen molar-refractivity contribution in [3.8, 4) is 0 Å². The molecular formula is C12H11Br2FN2S. The van der Waals surface area contributed by atoms with E-state index in [4.69, 9.17) is 5.84 Å². The van der Waals surface area contributed by atoms with Gasteiger partial charge in [-0.15, -0.1) is 11.3 Å². The number of hydrogen-bond acceptors (Lipinski definition) is 3. The van der Waals surface area contributed by atoms with Gasteiger partial charge in [-0.25, -0.2) is 4.39 Å². The molecule has 2 nitrogen and oxygen atoms in total. The molecule has 2 rings (SSSR count). The van der Waals surface area contributed by atoms with Crippen LogP contribution in [-0.2, 0) is 6.42 Å². The van der Waals surface area contributed by atoms with Crippen LogP contribution in [0.15, 0.2) is 38.6 Å². The molecule has 0 aliphatic carbocycles. The molecule has 0 spiro atoms. The first-order valence-corrected chi connectivity index (χ1v) is 7.70. The maximum absolute atomic E-state index is 13.8. The van der Waals surface area contributed by atoms with Gasteiger partial charge in [0.25, 0.3) is 0 Å². The highest BCUT2D eigenvalue weighted by molar-refractivity contribution is 9.10. The van der Waals surface area contributed by atoms with Crippen LogP contribution in [0.4, 0.5) is 4.39 Å². The van der Waals surface area contributed by atoms with Gasteiger partial charge in [0.1, 0.15) is 5.82 Å². The molecule has 0 saturated heterocycles. The normalized spacial score (nSPS) is 12.7. The van der Waals surface area contributed by atoms with E-state index in [0.717, 1.165) is 13.8 Å². The molecule has 1 heterocycles. The topological polar surface area (TPSA) is 38.0 Å². The Morgan fingerprint density at radius 1 is 1.28 bits per heavy atom. The Bertz CT molecular complexity index is 545. The Kier molecular flexibility index (Phi) is 4.91. The van der Waals surface area contributed by atoms with Crippen LogP contribution in [0.1, 0.15) is 16.5 Å². The summed E-state index contributed by atoms with van der Waals surface area (Å²) in [5.74, 6) is 5.33. The molecule has 1 aromatic carbocycles. The van der Waals surface area contributed by atoms with Gasteiger partial charge in [-0.1, -0.05) is 22.0 Å². The summed E-state index contributed by atoms with van der Waals surface area (Å²) in [6.07, 6.45) is 0.516. The lowest BCUT2D eigenvalue weighted by atomic mass is 10.0. The summed E-state index contributed by atoms with van der Waals surface area (Å²) in [5.41, 5.74) is 3.38. The quantitative estimate of drug-likeness (QED) is 0.604. The van der Waals surface area contributed by atoms with Crippen molar-refractivity contribution in [3.05, 3.63) is 54.8 Å². The maximum Gasteiger partial charge on any atom is 0.127 e. The Morgan fingerprint density at radius 3 is 2.61 bits per heavy atom. The van der Waals surface area contributed by atoms with Gasteiger partial charge in [-0.05, 0) is 46.1 Å². The highest BCUT2D eigenvalue weighted by Gasteiger charge is 2.15. The number of rotatable bonds is 4. The van der Waals surface area contributed by atoms with E-state index >= 15 is 0 Å². The van der Waals surface area contributed by atoms with Gasteiger partial charge >= 0.3 is 0 Å². The Balaban J connectivity index is 2.20. The molecule has 0 aliphatic rings. The van der Waals surface area contributed by atoms with Crippen molar-refractivity contribution in [2.75, 3.05) is 0 Å². The van der Waals surface area contributed by atoms with Crippen LogP contribution in [0.25, 0.3) is 0 Å². The molecule has 2 aromatic rings. The van der Waals surface area contributed by atoms with Gasteiger partial charge in [0.05, 0.1) is 6.04 Å². The zero-order valence-electron chi connectivity index (χ0n) is 9.29. The lowest BCUT2D eigenvalue weighted by molar-refractivity contribution is 0.535. The minimum Gasteiger partial charge on any atom is -0.271 e. The summed E-state index contributed by atoms with van der Waals surface area (Å²) >= 11 is 8.23. The summed E-state index contributed by atoms with van der Waals surface area (Å²) in [5, 5.41) is 1.98. The van der Waals surface area contributed by atoms with Crippen LogP contribution in [0.2, 0.25) is 0 Å². The van der Waals surface area contributed by atoms with E-state index in [1.165, 1.54) is 6.07 Å². The summed E-state index contributed by atoms with van der Waals surface area (Å²) in [6.45, 7) is 0. The predicted octanol–water partition coefficient (Wildman–Crippen LogP) is 4.16. The zero-order chi connectivity index (χ0) is 13.1. The number of nitrogens with one attached hydrogen (secondary N) is 1. The summed E-state index contributed by atoms with van der Waals surface area (Å²) in [4.78, 5) is 1.08. The third-order valence-corrected chi connectivity index (χ3v) is 4.87. The fourth-order valence-corrected chi connectivity index (χ4v) is 3.50. The first kappa shape index (κ1) is 14.1. The van der Waals surface area contributed by atoms with Gasteiger partial charge in [0.2, 0.25) is 0 Å². The molecule has 18 heavy (non-hydrogen) atoms. The van der Waals surface area contributed by atoms with Crippen molar-refractivity contribution < 1.29 is 4.39 Å². The second-order valence-electron chi connectivity index (χ2n) is 3.83. The molecule has 0 aliphatic heterocycles. The summed E-state index contributed by atoms with van der Waals surface area (Å²) in [7, 11) is 0. The van der Waals surface area contributed by atoms with Crippen molar-refractivity contribution in [1.82, 2.24) is 5.43 Å². The second-order valence-corrected chi connectivity index (χ2v) is 6.60. The van der Waals surface area contributed by atoms with Crippen molar-refractivity contribution in [2.24, 2.45) is 5.84 Å². The van der Waals surface area contributed by atoms with E-state index in [1.54, 1.807) is 17.4 Å². The van der Waals surface area contributed by atoms with Gasteiger partial charge < -0.3 is 0 Å². The van der Waals surface area contributed by atoms with Crippen LogP contribution in [0.3, 0.4) is 0 Å². The molecule has 6 heteroatoms. The minimum atomic E-state index is -0.222. The maximum atomic E-state index is 13.8. The molecule has 0 fully saturated rings. The lowest BCUT2D eigenvalue weighted by Gasteiger charge is -2.14. The fourth-order valence-electron chi connectivity index (χ4n) is 1.66. The van der Waals surface area contributed by atoms with E-state index < -0.39 is 0 Å². The number of nitrogens with two attached hydrogens (primary N) is 1. The SMILES string of the molecule is NNC(Cc1ccc(Br)cc1F)c1cc(Br)cs1. The van der Waals surface area contributed by atoms with Crippen molar-refractivity contribution in [3.63, 3.8) is 0 Å². The number of benzene rings is 1. The number of thiophene rings is 1. The molecule has 3 N–H and O–H groups in total. The Morgan fingerprint density at radius 2 is 2.06 bits per heavy atom. The molecule has 0 amide bonds. The molecule has 0 radical (unpaired) electrons. The minimum absolute atomic E-state index is 0.0861. The first-order valence-electron chi connectivity index (χ1n) is 5.24. The van der Waals surface area contributed by atoms with E-state index in [9.17, 15) is 4.39 Å². The Labute approximate surface area is 126 Å². The fraction of sp³-hybridized carbons (Fsp3) is 0.167. The molecule has 1 unspecified atom stereocenters. The van der Waals surface area contributed by atoms with E-state index in [0.29, 0.717) is 12.0 Å². The summed E-state index contributed by atoms with van der Waals surface area (Å²) in [6, 6.07) is 6.97. The predicted molar refractivity (Wildman–Crippen MR) is 79.9 cm³/mol. The highest BCUT2D eigenvalue weighted by Crippen LogP contribution is 2.28. The smallest absolute Gasteiger partial charge is 0.127 e. The van der Waals surface area contributed by atoms with Gasteiger partial charge in [0, 0.05) is 19.2 Å². The van der Waals surface area contributed by atoms with E-state index in [2.05, 4.69) is 37.3 Å². The number of hydrazine groups is 1. The molecule has 1 aromatic heterocycles. The van der Waals surface area contributed by atoms with Crippen LogP contribution < -0.4 is 11.3 Å². The monoisotopic (exact) mass is 392 g/mol. The molecular weight excluding hydrogens is 383 g/mol. The molecule has 0 bridgehead atoms. The number of halogens is 3. The van der Waals surface area contributed by atoms with E-state index in [1.807, 2.05) is 17.5 Å². The second kappa shape index (κ2) is 6.25. The van der Waals surface area contributed by atoms with Crippen molar-refractivity contribution in [1.29, 1.82) is 0 Å². The van der Waals surface area contributed by atoms with Crippen molar-refractivity contribution >= 4 is 43.2 Å². The Hall–Kier alpha value is -0.270. The largest absolute Gasteiger partial charge is 0.271 e. The van der Waals surface area contributed by atoms with Crippen LogP contribution >= 0.6 is 43.2 Å². The van der Waals surface area contributed by atoms with Gasteiger partial charge in [-0.3, -0.25) is 11.3 Å². The number of hydrogen-bond donors (Lipinski definition) is 2. The molecule has 1 atom stereocenters. The average Bonchev–Trinajstić information content (AvgIpc) is 2.75. The summed E-state index contributed by atoms with van der Waals surface area (Å²) < 4.78 is 15.5. The third-order valence-electron chi connectivity index (χ3n) is 2.57. The molecule has 0 saturated carbocycles. The first-order chi connectivity index (χ1) is 8.60. The lowest BCUT2D eigenvalue weighted by Crippen LogP contribution is -2.29. The van der Waals surface area contributed by atoms with Crippen molar-refractivity contribution in [2.45, 2.75) is 12.5 Å².